The van der Waals surface area contributed by atoms with Crippen molar-refractivity contribution in [2.45, 2.75) is 6.42 Å². The lowest BCUT2D eigenvalue weighted by molar-refractivity contribution is -0.141. The average Bonchev–Trinajstić information content (AvgIpc) is 2.67. The molecule has 1 aliphatic rings. The van der Waals surface area contributed by atoms with Crippen LogP contribution < -0.4 is 0 Å². The van der Waals surface area contributed by atoms with Crippen LogP contribution >= 0.6 is 0 Å². The molecule has 1 fully saturated rings. The zero-order chi connectivity index (χ0) is 18.8. The minimum absolute atomic E-state index is 0.149. The second kappa shape index (κ2) is 10.7. The number of esters is 1. The number of carbonyl (C=O) groups excluding carboxylic acids is 2. The molecule has 0 aliphatic carbocycles. The van der Waals surface area contributed by atoms with E-state index in [2.05, 4.69) is 9.64 Å². The molecule has 1 amide bonds. The summed E-state index contributed by atoms with van der Waals surface area (Å²) < 4.78 is 22.9. The topological polar surface area (TPSA) is 59.1 Å². The van der Waals surface area contributed by atoms with Gasteiger partial charge in [0.05, 0.1) is 26.7 Å². The molecule has 7 heteroatoms. The molecule has 0 atom stereocenters. The smallest absolute Gasteiger partial charge is 0.307 e. The van der Waals surface area contributed by atoms with Gasteiger partial charge in [0.15, 0.2) is 0 Å². The van der Waals surface area contributed by atoms with E-state index in [1.165, 1.54) is 25.3 Å². The van der Waals surface area contributed by atoms with Crippen LogP contribution in [0.5, 0.6) is 0 Å². The van der Waals surface area contributed by atoms with Gasteiger partial charge in [-0.1, -0.05) is 12.1 Å². The van der Waals surface area contributed by atoms with Crippen LogP contribution in [-0.4, -0.2) is 74.7 Å². The first-order valence-electron chi connectivity index (χ1n) is 8.68. The predicted molar refractivity (Wildman–Crippen MR) is 95.9 cm³/mol. The maximum atomic E-state index is 12.9. The van der Waals surface area contributed by atoms with E-state index in [4.69, 9.17) is 4.74 Å². The molecule has 0 aromatic heterocycles. The number of halogens is 1. The van der Waals surface area contributed by atoms with Gasteiger partial charge in [0.25, 0.3) is 0 Å². The molecule has 1 aromatic rings. The van der Waals surface area contributed by atoms with Crippen molar-refractivity contribution in [1.82, 2.24) is 9.80 Å². The Morgan fingerprint density at radius 3 is 2.58 bits per heavy atom. The first-order valence-corrected chi connectivity index (χ1v) is 8.68. The zero-order valence-corrected chi connectivity index (χ0v) is 15.0. The number of hydrogen-bond donors (Lipinski definition) is 0. The summed E-state index contributed by atoms with van der Waals surface area (Å²) in [5, 5.41) is 0. The number of amides is 1. The summed E-state index contributed by atoms with van der Waals surface area (Å²) in [6.45, 7) is 4.60. The third-order valence-corrected chi connectivity index (χ3v) is 4.20. The summed E-state index contributed by atoms with van der Waals surface area (Å²) in [6.07, 6.45) is 3.24. The van der Waals surface area contributed by atoms with E-state index < -0.39 is 0 Å². The van der Waals surface area contributed by atoms with Crippen molar-refractivity contribution in [1.29, 1.82) is 0 Å². The van der Waals surface area contributed by atoms with Gasteiger partial charge < -0.3 is 14.4 Å². The maximum Gasteiger partial charge on any atom is 0.307 e. The zero-order valence-electron chi connectivity index (χ0n) is 15.0. The van der Waals surface area contributed by atoms with Gasteiger partial charge in [-0.3, -0.25) is 14.5 Å². The van der Waals surface area contributed by atoms with Crippen molar-refractivity contribution in [2.75, 3.05) is 53.0 Å². The molecule has 0 saturated carbocycles. The van der Waals surface area contributed by atoms with Crippen LogP contribution in [0, 0.1) is 5.82 Å². The first kappa shape index (κ1) is 20.1. The van der Waals surface area contributed by atoms with Gasteiger partial charge in [0, 0.05) is 38.8 Å². The minimum Gasteiger partial charge on any atom is -0.469 e. The average molecular weight is 364 g/mol. The van der Waals surface area contributed by atoms with Crippen LogP contribution in [0.4, 0.5) is 4.39 Å². The molecule has 6 nitrogen and oxygen atoms in total. The molecule has 142 valence electrons. The number of hydrogen-bond acceptors (Lipinski definition) is 5. The highest BCUT2D eigenvalue weighted by Crippen LogP contribution is 2.06. The molecule has 0 N–H and O–H groups in total. The fourth-order valence-electron chi connectivity index (χ4n) is 2.59. The van der Waals surface area contributed by atoms with Crippen LogP contribution in [0.1, 0.15) is 12.0 Å². The van der Waals surface area contributed by atoms with Crippen molar-refractivity contribution in [3.8, 4) is 0 Å². The molecule has 1 aromatic carbocycles. The number of rotatable bonds is 8. The third kappa shape index (κ3) is 6.93. The number of morpholine rings is 1. The summed E-state index contributed by atoms with van der Waals surface area (Å²) in [5.41, 5.74) is 0.737. The van der Waals surface area contributed by atoms with Crippen molar-refractivity contribution in [3.63, 3.8) is 0 Å². The van der Waals surface area contributed by atoms with E-state index >= 15 is 0 Å². The van der Waals surface area contributed by atoms with E-state index in [0.29, 0.717) is 26.3 Å². The second-order valence-corrected chi connectivity index (χ2v) is 5.99. The lowest BCUT2D eigenvalue weighted by atomic mass is 10.2. The fraction of sp³-hybridized carbons (Fsp3) is 0.474. The van der Waals surface area contributed by atoms with Gasteiger partial charge in [-0.15, -0.1) is 0 Å². The Balaban J connectivity index is 1.94. The van der Waals surface area contributed by atoms with Gasteiger partial charge in [0.1, 0.15) is 5.82 Å². The summed E-state index contributed by atoms with van der Waals surface area (Å²) in [6, 6.07) is 5.90. The largest absolute Gasteiger partial charge is 0.469 e. The van der Waals surface area contributed by atoms with Gasteiger partial charge in [0.2, 0.25) is 5.91 Å². The number of carbonyl (C=O) groups is 2. The predicted octanol–water partition coefficient (Wildman–Crippen LogP) is 1.56. The Hall–Kier alpha value is -2.25. The summed E-state index contributed by atoms with van der Waals surface area (Å²) in [7, 11) is 1.33. The van der Waals surface area contributed by atoms with Gasteiger partial charge in [-0.25, -0.2) is 4.39 Å². The van der Waals surface area contributed by atoms with E-state index in [1.807, 2.05) is 0 Å². The molecule has 0 radical (unpaired) electrons. The fourth-order valence-corrected chi connectivity index (χ4v) is 2.59. The van der Waals surface area contributed by atoms with Crippen molar-refractivity contribution < 1.29 is 23.5 Å². The van der Waals surface area contributed by atoms with Gasteiger partial charge in [-0.05, 0) is 23.8 Å². The molecule has 0 bridgehead atoms. The Morgan fingerprint density at radius 2 is 1.92 bits per heavy atom. The van der Waals surface area contributed by atoms with Gasteiger partial charge >= 0.3 is 5.97 Å². The molecular weight excluding hydrogens is 339 g/mol. The lowest BCUT2D eigenvalue weighted by Crippen LogP contribution is -2.43. The highest BCUT2D eigenvalue weighted by molar-refractivity contribution is 5.92. The molecule has 1 aliphatic heterocycles. The Labute approximate surface area is 153 Å². The van der Waals surface area contributed by atoms with Crippen LogP contribution in [-0.2, 0) is 19.1 Å². The molecular formula is C19H25FN2O4. The normalized spacial score (nSPS) is 15.2. The molecule has 2 rings (SSSR count). The number of ether oxygens (including phenoxy) is 2. The van der Waals surface area contributed by atoms with Crippen molar-refractivity contribution in [3.05, 3.63) is 41.7 Å². The monoisotopic (exact) mass is 364 g/mol. The second-order valence-electron chi connectivity index (χ2n) is 5.99. The lowest BCUT2D eigenvalue weighted by Gasteiger charge is -2.29. The van der Waals surface area contributed by atoms with E-state index in [0.717, 1.165) is 25.2 Å². The standard InChI is InChI=1S/C19H25FN2O4/c1-25-19(24)8-9-22(11-10-21-12-14-26-15-13-21)18(23)7-4-16-2-5-17(20)6-3-16/h2-7H,8-15H2,1H3/b7-4+. The quantitative estimate of drug-likeness (QED) is 0.518. The van der Waals surface area contributed by atoms with Crippen LogP contribution in [0.15, 0.2) is 30.3 Å². The maximum absolute atomic E-state index is 12.9. The van der Waals surface area contributed by atoms with Crippen LogP contribution in [0.2, 0.25) is 0 Å². The summed E-state index contributed by atoms with van der Waals surface area (Å²) >= 11 is 0. The summed E-state index contributed by atoms with van der Waals surface area (Å²) in [4.78, 5) is 27.8. The van der Waals surface area contributed by atoms with E-state index in [9.17, 15) is 14.0 Å². The van der Waals surface area contributed by atoms with E-state index in [1.54, 1.807) is 23.1 Å². The Kier molecular flexibility index (Phi) is 8.24. The number of benzene rings is 1. The molecule has 1 saturated heterocycles. The number of methoxy groups -OCH3 is 1. The van der Waals surface area contributed by atoms with E-state index in [-0.39, 0.29) is 24.1 Å². The van der Waals surface area contributed by atoms with Crippen molar-refractivity contribution >= 4 is 18.0 Å². The number of nitrogens with zero attached hydrogens (tertiary/aromatic N) is 2. The Bertz CT molecular complexity index is 612. The highest BCUT2D eigenvalue weighted by atomic mass is 19.1. The Morgan fingerprint density at radius 1 is 1.23 bits per heavy atom. The molecule has 1 heterocycles. The molecule has 26 heavy (non-hydrogen) atoms. The third-order valence-electron chi connectivity index (χ3n) is 4.20. The SMILES string of the molecule is COC(=O)CCN(CCN1CCOCC1)C(=O)/C=C/c1ccc(F)cc1. The van der Waals surface area contributed by atoms with Gasteiger partial charge in [-0.2, -0.15) is 0 Å². The molecule has 0 unspecified atom stereocenters. The van der Waals surface area contributed by atoms with Crippen LogP contribution in [0.25, 0.3) is 6.08 Å². The molecule has 0 spiro atoms. The van der Waals surface area contributed by atoms with Crippen molar-refractivity contribution in [2.24, 2.45) is 0 Å². The highest BCUT2D eigenvalue weighted by Gasteiger charge is 2.16. The minimum atomic E-state index is -0.350. The first-order chi connectivity index (χ1) is 12.6. The summed E-state index contributed by atoms with van der Waals surface area (Å²) in [5.74, 6) is -0.859. The van der Waals surface area contributed by atoms with Crippen LogP contribution in [0.3, 0.4) is 0 Å².